The molecule has 26 nitrogen and oxygen atoms in total. The zero-order chi connectivity index (χ0) is 43.8. The third-order valence-corrected chi connectivity index (χ3v) is 8.75. The van der Waals surface area contributed by atoms with Crippen LogP contribution in [0.2, 0.25) is 0 Å². The van der Waals surface area contributed by atoms with Crippen LogP contribution in [0.5, 0.6) is 5.75 Å². The summed E-state index contributed by atoms with van der Waals surface area (Å²) in [5.74, 6) is -0.774. The van der Waals surface area contributed by atoms with Gasteiger partial charge in [0.15, 0.2) is 5.75 Å². The van der Waals surface area contributed by atoms with Crippen molar-refractivity contribution in [2.75, 3.05) is 84.5 Å². The third-order valence-electron chi connectivity index (χ3n) is 7.52. The van der Waals surface area contributed by atoms with Gasteiger partial charge in [-0.05, 0) is 29.8 Å². The quantitative estimate of drug-likeness (QED) is 0.0186. The molecule has 0 aliphatic heterocycles. The highest BCUT2D eigenvalue weighted by atomic mass is 32.2. The summed E-state index contributed by atoms with van der Waals surface area (Å²) in [5, 5.41) is 91.9. The van der Waals surface area contributed by atoms with Gasteiger partial charge in [0, 0.05) is 49.2 Å². The molecule has 0 aliphatic carbocycles. The van der Waals surface area contributed by atoms with Gasteiger partial charge in [-0.2, -0.15) is 42.5 Å². The fourth-order valence-electron chi connectivity index (χ4n) is 4.58. The first kappa shape index (κ1) is 47.2. The Kier molecular flexibility index (Phi) is 17.9. The third kappa shape index (κ3) is 15.3. The van der Waals surface area contributed by atoms with Crippen LogP contribution in [0.15, 0.2) is 41.3 Å². The molecule has 0 spiro atoms. The summed E-state index contributed by atoms with van der Waals surface area (Å²) in [6.07, 6.45) is -2.02. The van der Waals surface area contributed by atoms with E-state index in [1.807, 2.05) is 0 Å². The van der Waals surface area contributed by atoms with Gasteiger partial charge < -0.3 is 76.9 Å². The second-order valence-electron chi connectivity index (χ2n) is 12.3. The summed E-state index contributed by atoms with van der Waals surface area (Å²) in [7, 11) is -4.89. The van der Waals surface area contributed by atoms with Crippen molar-refractivity contribution in [2.24, 2.45) is 0 Å². The number of benzene rings is 2. The molecular weight excluding hydrogens is 841 g/mol. The van der Waals surface area contributed by atoms with Crippen LogP contribution in [0.4, 0.5) is 47.1 Å². The van der Waals surface area contributed by atoms with Gasteiger partial charge in [-0.15, -0.1) is 0 Å². The minimum absolute atomic E-state index is 0.0412. The van der Waals surface area contributed by atoms with Crippen LogP contribution in [0.25, 0.3) is 12.2 Å². The lowest BCUT2D eigenvalue weighted by Crippen LogP contribution is -2.26. The number of aliphatic hydroxyl groups excluding tert-OH is 8. The van der Waals surface area contributed by atoms with Crippen molar-refractivity contribution in [1.29, 1.82) is 0 Å². The molecule has 16 N–H and O–H groups in total. The molecule has 2 heterocycles. The summed E-state index contributed by atoms with van der Waals surface area (Å²) in [6.45, 7) is -2.84. The fourth-order valence-corrected chi connectivity index (χ4v) is 5.59. The van der Waals surface area contributed by atoms with Crippen LogP contribution in [0.1, 0.15) is 11.1 Å². The van der Waals surface area contributed by atoms with Crippen LogP contribution < -0.4 is 36.1 Å². The van der Waals surface area contributed by atoms with Crippen molar-refractivity contribution in [3.8, 4) is 5.75 Å². The molecule has 0 radical (unpaired) electrons. The molecule has 0 bridgehead atoms. The topological polar surface area (TPSA) is 412 Å². The van der Waals surface area contributed by atoms with Crippen LogP contribution >= 0.6 is 0 Å². The molecule has 0 fully saturated rings. The number of hydrogen-bond acceptors (Lipinski definition) is 24. The number of nitrogens with one attached hydrogen (secondary N) is 6. The first-order chi connectivity index (χ1) is 28.6. The first-order valence-corrected chi connectivity index (χ1v) is 20.0. The Morgan fingerprint density at radius 1 is 0.583 bits per heavy atom. The van der Waals surface area contributed by atoms with E-state index in [-0.39, 0.29) is 90.1 Å². The van der Waals surface area contributed by atoms with Gasteiger partial charge in [0.1, 0.15) is 4.90 Å². The largest absolute Gasteiger partial charge is 0.394 e. The molecule has 328 valence electrons. The van der Waals surface area contributed by atoms with Gasteiger partial charge in [-0.1, -0.05) is 18.2 Å². The first-order valence-electron chi connectivity index (χ1n) is 17.5. The molecule has 0 saturated heterocycles. The van der Waals surface area contributed by atoms with Crippen LogP contribution in [-0.4, -0.2) is 170 Å². The number of nitrogens with zero attached hydrogens (tertiary/aromatic N) is 6. The molecule has 5 atom stereocenters. The van der Waals surface area contributed by atoms with Gasteiger partial charge in [-0.25, -0.2) is 0 Å². The Morgan fingerprint density at radius 3 is 1.30 bits per heavy atom. The maximum atomic E-state index is 12.6. The molecule has 0 saturated carbocycles. The molecule has 0 aliphatic rings. The Morgan fingerprint density at radius 2 is 0.933 bits per heavy atom. The van der Waals surface area contributed by atoms with E-state index in [4.69, 9.17) is 24.6 Å². The van der Waals surface area contributed by atoms with Gasteiger partial charge in [0.05, 0.1) is 50.8 Å². The predicted molar refractivity (Wildman–Crippen MR) is 216 cm³/mol. The van der Waals surface area contributed by atoms with E-state index in [9.17, 15) is 42.2 Å². The van der Waals surface area contributed by atoms with Crippen molar-refractivity contribution in [3.05, 3.63) is 47.5 Å². The van der Waals surface area contributed by atoms with Gasteiger partial charge in [0.2, 0.25) is 35.7 Å². The summed E-state index contributed by atoms with van der Waals surface area (Å²) in [6, 6.07) is 7.98. The van der Waals surface area contributed by atoms with E-state index in [1.165, 1.54) is 42.5 Å². The minimum atomic E-state index is -4.89. The van der Waals surface area contributed by atoms with Crippen molar-refractivity contribution in [1.82, 2.24) is 29.9 Å². The summed E-state index contributed by atoms with van der Waals surface area (Å²) < 4.78 is 61.7. The lowest BCUT2D eigenvalue weighted by atomic mass is 10.1. The average Bonchev–Trinajstić information content (AvgIpc) is 3.22. The maximum absolute atomic E-state index is 12.6. The highest BCUT2D eigenvalue weighted by Gasteiger charge is 2.18. The highest BCUT2D eigenvalue weighted by molar-refractivity contribution is 7.86. The Labute approximate surface area is 343 Å². The van der Waals surface area contributed by atoms with Crippen molar-refractivity contribution in [2.45, 2.75) is 29.3 Å². The van der Waals surface area contributed by atoms with Gasteiger partial charge in [-0.3, -0.25) is 9.11 Å². The van der Waals surface area contributed by atoms with Crippen LogP contribution in [-0.2, 0) is 21.5 Å². The summed E-state index contributed by atoms with van der Waals surface area (Å²) in [5.41, 5.74) is 0.388. The number of hydrogen-bond donors (Lipinski definition) is 16. The molecule has 4 rings (SSSR count). The lowest BCUT2D eigenvalue weighted by Gasteiger charge is -2.14. The molecule has 60 heavy (non-hydrogen) atoms. The Bertz CT molecular complexity index is 2130. The highest BCUT2D eigenvalue weighted by Crippen LogP contribution is 2.30. The van der Waals surface area contributed by atoms with Crippen LogP contribution in [0.3, 0.4) is 0 Å². The number of rotatable bonds is 25. The second-order valence-corrected chi connectivity index (χ2v) is 14.3. The molecule has 2 aromatic carbocycles. The zero-order valence-electron chi connectivity index (χ0n) is 31.2. The monoisotopic (exact) mass is 884 g/mol. The molecular formula is C32H44N12O14S2. The fraction of sp³-hybridized carbons (Fsp3) is 0.375. The van der Waals surface area contributed by atoms with Gasteiger partial charge >= 0.3 is 11.4 Å². The molecule has 4 aromatic rings. The Hall–Kier alpha value is -5.50. The van der Waals surface area contributed by atoms with Crippen molar-refractivity contribution in [3.63, 3.8) is 0 Å². The van der Waals surface area contributed by atoms with Gasteiger partial charge in [0.25, 0.3) is 10.1 Å². The van der Waals surface area contributed by atoms with E-state index in [2.05, 4.69) is 61.8 Å². The summed E-state index contributed by atoms with van der Waals surface area (Å²) >= 11 is -2.83. The van der Waals surface area contributed by atoms with E-state index in [0.29, 0.717) is 0 Å². The standard InChI is InChI=1S/C32H44N12O14S2/c45-13-21(49)9-33-27-39-28(34-10-22(50)14-46)42-31(41-27)37-19-5-3-17(25(7-19)58-59(53)54)1-2-18-4-6-20(8-26(18)60(55,56)57)38-32-43-29(35-11-23(51)15-47)40-30(44-32)36-12-24(52)16-48/h1-8,21-24,45-52H,9-16H2,(H,53,54)(H,55,56,57)(H3,33,34,37,39,41,42)(H3,35,36,38,40,43,44). The van der Waals surface area contributed by atoms with E-state index in [1.54, 1.807) is 0 Å². The van der Waals surface area contributed by atoms with Crippen LogP contribution in [0, 0.1) is 0 Å². The summed E-state index contributed by atoms with van der Waals surface area (Å²) in [4.78, 5) is 24.3. The van der Waals surface area contributed by atoms with Crippen molar-refractivity contribution < 1.29 is 66.8 Å². The zero-order valence-corrected chi connectivity index (χ0v) is 32.8. The van der Waals surface area contributed by atoms with E-state index in [0.717, 1.165) is 6.07 Å². The number of anilines is 8. The lowest BCUT2D eigenvalue weighted by molar-refractivity contribution is 0.105. The number of aromatic nitrogens is 6. The molecule has 5 unspecified atom stereocenters. The average molecular weight is 885 g/mol. The smallest absolute Gasteiger partial charge is 0.357 e. The number of aliphatic hydroxyl groups is 8. The van der Waals surface area contributed by atoms with E-state index < -0.39 is 77.2 Å². The normalized spacial score (nSPS) is 14.2. The van der Waals surface area contributed by atoms with Crippen molar-refractivity contribution >= 4 is 80.7 Å². The molecule has 2 aromatic heterocycles. The molecule has 0 amide bonds. The minimum Gasteiger partial charge on any atom is -0.394 e. The molecule has 28 heteroatoms. The predicted octanol–water partition coefficient (Wildman–Crippen LogP) is -2.46. The Balaban J connectivity index is 1.62. The second kappa shape index (κ2) is 22.8. The van der Waals surface area contributed by atoms with E-state index >= 15 is 0 Å². The maximum Gasteiger partial charge on any atom is 0.357 e. The SMILES string of the molecule is O=S(O)Oc1cc(Nc2nc(NCC(O)CO)nc(NCC(O)CO)n2)ccc1C=Cc1ccc(Nc2nc(NCC(O)CO)nc(NCC(O)CO)n2)cc1S(=O)(=O)O.